The summed E-state index contributed by atoms with van der Waals surface area (Å²) in [5.41, 5.74) is 2.82. The molecule has 3 aromatic rings. The van der Waals surface area contributed by atoms with Crippen LogP contribution in [0.5, 0.6) is 5.75 Å². The molecule has 2 aromatic carbocycles. The molecule has 1 unspecified atom stereocenters. The minimum Gasteiger partial charge on any atom is -0.497 e. The van der Waals surface area contributed by atoms with Crippen molar-refractivity contribution in [3.63, 3.8) is 0 Å². The highest BCUT2D eigenvalue weighted by atomic mass is 16.5. The zero-order valence-corrected chi connectivity index (χ0v) is 14.2. The Labute approximate surface area is 142 Å². The lowest BCUT2D eigenvalue weighted by molar-refractivity contribution is 0.0952. The lowest BCUT2D eigenvalue weighted by Gasteiger charge is -2.14. The highest BCUT2D eigenvalue weighted by Gasteiger charge is 2.23. The molecule has 0 amide bonds. The largest absolute Gasteiger partial charge is 0.497 e. The number of carbonyl (C=O) groups excluding carboxylic acids is 1. The maximum atomic E-state index is 13.1. The second-order valence-electron chi connectivity index (χ2n) is 6.10. The van der Waals surface area contributed by atoms with Crippen LogP contribution in [0.1, 0.15) is 48.2 Å². The third kappa shape index (κ3) is 3.35. The monoisotopic (exact) mass is 321 g/mol. The van der Waals surface area contributed by atoms with E-state index in [1.54, 1.807) is 7.11 Å². The van der Waals surface area contributed by atoms with Gasteiger partial charge in [-0.1, -0.05) is 38.0 Å². The first-order chi connectivity index (χ1) is 11.7. The zero-order valence-electron chi connectivity index (χ0n) is 14.2. The van der Waals surface area contributed by atoms with Crippen LogP contribution in [-0.4, -0.2) is 17.9 Å². The first-order valence-electron chi connectivity index (χ1n) is 8.49. The third-order valence-electron chi connectivity index (χ3n) is 4.46. The van der Waals surface area contributed by atoms with Crippen LogP contribution in [0, 0.1) is 0 Å². The Morgan fingerprint density at radius 2 is 1.88 bits per heavy atom. The number of carbonyl (C=O) groups is 1. The molecule has 3 nitrogen and oxygen atoms in total. The average Bonchev–Trinajstić information content (AvgIpc) is 3.05. The predicted molar refractivity (Wildman–Crippen MR) is 97.9 cm³/mol. The van der Waals surface area contributed by atoms with E-state index in [9.17, 15) is 4.79 Å². The fourth-order valence-electron chi connectivity index (χ4n) is 3.08. The first-order valence-corrected chi connectivity index (χ1v) is 8.49. The molecule has 3 rings (SSSR count). The summed E-state index contributed by atoms with van der Waals surface area (Å²) in [6, 6.07) is 17.6. The number of rotatable bonds is 7. The van der Waals surface area contributed by atoms with E-state index in [0.29, 0.717) is 0 Å². The highest BCUT2D eigenvalue weighted by molar-refractivity contribution is 6.01. The Hall–Kier alpha value is -2.55. The van der Waals surface area contributed by atoms with Crippen LogP contribution < -0.4 is 4.74 Å². The van der Waals surface area contributed by atoms with Gasteiger partial charge in [-0.25, -0.2) is 0 Å². The Morgan fingerprint density at radius 1 is 1.12 bits per heavy atom. The Balaban J connectivity index is 1.93. The van der Waals surface area contributed by atoms with Crippen LogP contribution in [0.2, 0.25) is 0 Å². The summed E-state index contributed by atoms with van der Waals surface area (Å²) in [5, 5.41) is 1.15. The summed E-state index contributed by atoms with van der Waals surface area (Å²) in [7, 11) is 1.63. The molecule has 1 aromatic heterocycles. The Bertz CT molecular complexity index is 784. The second-order valence-corrected chi connectivity index (χ2v) is 6.10. The van der Waals surface area contributed by atoms with E-state index in [1.807, 2.05) is 42.5 Å². The second kappa shape index (κ2) is 7.35. The number of benzene rings is 2. The van der Waals surface area contributed by atoms with Crippen molar-refractivity contribution < 1.29 is 9.53 Å². The van der Waals surface area contributed by atoms with Crippen molar-refractivity contribution in [3.8, 4) is 5.75 Å². The highest BCUT2D eigenvalue weighted by Crippen LogP contribution is 2.29. The third-order valence-corrected chi connectivity index (χ3v) is 4.46. The van der Waals surface area contributed by atoms with E-state index in [4.69, 9.17) is 4.74 Å². The molecule has 0 saturated carbocycles. The number of H-pyrrole nitrogens is 1. The zero-order chi connectivity index (χ0) is 16.9. The van der Waals surface area contributed by atoms with E-state index in [2.05, 4.69) is 24.0 Å². The van der Waals surface area contributed by atoms with Gasteiger partial charge in [-0.15, -0.1) is 0 Å². The Morgan fingerprint density at radius 3 is 2.54 bits per heavy atom. The van der Waals surface area contributed by atoms with Gasteiger partial charge in [-0.3, -0.25) is 4.79 Å². The molecule has 1 N–H and O–H groups in total. The summed E-state index contributed by atoms with van der Waals surface area (Å²) in [6.45, 7) is 2.15. The van der Waals surface area contributed by atoms with Crippen molar-refractivity contribution in [1.82, 2.24) is 4.98 Å². The van der Waals surface area contributed by atoms with Crippen molar-refractivity contribution in [2.45, 2.75) is 32.1 Å². The summed E-state index contributed by atoms with van der Waals surface area (Å²) in [5.74, 6) is 0.797. The average molecular weight is 321 g/mol. The minimum absolute atomic E-state index is 0.134. The number of aromatic nitrogens is 1. The van der Waals surface area contributed by atoms with Gasteiger partial charge in [0, 0.05) is 16.8 Å². The molecule has 0 radical (unpaired) electrons. The van der Waals surface area contributed by atoms with Crippen LogP contribution in [0.3, 0.4) is 0 Å². The van der Waals surface area contributed by atoms with Gasteiger partial charge >= 0.3 is 0 Å². The molecule has 0 saturated heterocycles. The number of para-hydroxylation sites is 1. The van der Waals surface area contributed by atoms with Crippen LogP contribution in [-0.2, 0) is 0 Å². The lowest BCUT2D eigenvalue weighted by atomic mass is 9.90. The predicted octanol–water partition coefficient (Wildman–Crippen LogP) is 5.33. The summed E-state index contributed by atoms with van der Waals surface area (Å²) in [6.07, 6.45) is 2.96. The van der Waals surface area contributed by atoms with Crippen LogP contribution in [0.4, 0.5) is 0 Å². The minimum atomic E-state index is -0.134. The van der Waals surface area contributed by atoms with Gasteiger partial charge in [0.05, 0.1) is 13.0 Å². The molecule has 0 spiro atoms. The van der Waals surface area contributed by atoms with E-state index in [1.165, 1.54) is 0 Å². The molecule has 0 aliphatic heterocycles. The number of unbranched alkanes of at least 4 members (excludes halogenated alkanes) is 1. The number of aromatic amines is 1. The smallest absolute Gasteiger partial charge is 0.171 e. The Kier molecular flexibility index (Phi) is 4.99. The number of hydrogen-bond donors (Lipinski definition) is 1. The number of fused-ring (bicyclic) bond motifs is 1. The number of Topliss-reactive ketones (excluding diaryl/α,β-unsaturated/α-hetero) is 1. The number of ether oxygens (including phenoxy) is 1. The molecule has 3 heteroatoms. The fourth-order valence-corrected chi connectivity index (χ4v) is 3.08. The van der Waals surface area contributed by atoms with Gasteiger partial charge in [0.25, 0.3) is 0 Å². The van der Waals surface area contributed by atoms with Crippen LogP contribution in [0.15, 0.2) is 54.6 Å². The van der Waals surface area contributed by atoms with E-state index < -0.39 is 0 Å². The van der Waals surface area contributed by atoms with Crippen LogP contribution >= 0.6 is 0 Å². The molecule has 0 fully saturated rings. The van der Waals surface area contributed by atoms with E-state index in [0.717, 1.165) is 47.2 Å². The normalized spacial score (nSPS) is 12.2. The van der Waals surface area contributed by atoms with Crippen molar-refractivity contribution in [2.24, 2.45) is 0 Å². The van der Waals surface area contributed by atoms with Crippen molar-refractivity contribution in [3.05, 3.63) is 65.9 Å². The molecule has 0 bridgehead atoms. The van der Waals surface area contributed by atoms with Crippen molar-refractivity contribution >= 4 is 16.7 Å². The molecule has 0 aliphatic rings. The standard InChI is InChI=1S/C21H23NO2/c1-3-4-8-18(20-14-16-7-5-6-9-19(16)22-20)21(23)15-10-12-17(24-2)13-11-15/h5-7,9-14,18,22H,3-4,8H2,1-2H3. The van der Waals surface area contributed by atoms with Gasteiger partial charge in [0.15, 0.2) is 5.78 Å². The number of ketones is 1. The van der Waals surface area contributed by atoms with Crippen LogP contribution in [0.25, 0.3) is 10.9 Å². The van der Waals surface area contributed by atoms with Gasteiger partial charge in [0.2, 0.25) is 0 Å². The van der Waals surface area contributed by atoms with Gasteiger partial charge in [-0.2, -0.15) is 0 Å². The summed E-state index contributed by atoms with van der Waals surface area (Å²) >= 11 is 0. The number of methoxy groups -OCH3 is 1. The maximum absolute atomic E-state index is 13.1. The molecule has 124 valence electrons. The molecule has 0 aliphatic carbocycles. The number of nitrogens with one attached hydrogen (secondary N) is 1. The number of hydrogen-bond acceptors (Lipinski definition) is 2. The molecule has 1 atom stereocenters. The first kappa shape index (κ1) is 16.3. The van der Waals surface area contributed by atoms with Gasteiger partial charge in [0.1, 0.15) is 5.75 Å². The maximum Gasteiger partial charge on any atom is 0.171 e. The molecule has 1 heterocycles. The lowest BCUT2D eigenvalue weighted by Crippen LogP contribution is -2.13. The van der Waals surface area contributed by atoms with Gasteiger partial charge in [-0.05, 0) is 48.2 Å². The summed E-state index contributed by atoms with van der Waals surface area (Å²) < 4.78 is 5.18. The van der Waals surface area contributed by atoms with Crippen molar-refractivity contribution in [1.29, 1.82) is 0 Å². The molecular weight excluding hydrogens is 298 g/mol. The van der Waals surface area contributed by atoms with Gasteiger partial charge < -0.3 is 9.72 Å². The molecule has 24 heavy (non-hydrogen) atoms. The van der Waals surface area contributed by atoms with E-state index in [-0.39, 0.29) is 11.7 Å². The topological polar surface area (TPSA) is 42.1 Å². The molecular formula is C21H23NO2. The van der Waals surface area contributed by atoms with E-state index >= 15 is 0 Å². The summed E-state index contributed by atoms with van der Waals surface area (Å²) in [4.78, 5) is 16.5. The SMILES string of the molecule is CCCCC(C(=O)c1ccc(OC)cc1)c1cc2ccccc2[nH]1. The quantitative estimate of drug-likeness (QED) is 0.597. The van der Waals surface area contributed by atoms with Crippen molar-refractivity contribution in [2.75, 3.05) is 7.11 Å². The fraction of sp³-hybridized carbons (Fsp3) is 0.286.